The summed E-state index contributed by atoms with van der Waals surface area (Å²) >= 11 is 3.35. The van der Waals surface area contributed by atoms with E-state index in [2.05, 4.69) is 50.6 Å². The number of hydrogen-bond donors (Lipinski definition) is 0. The zero-order valence-corrected chi connectivity index (χ0v) is 10.8. The average Bonchev–Trinajstić information content (AvgIpc) is 2.69. The molecule has 0 saturated carbocycles. The Morgan fingerprint density at radius 3 is 2.71 bits per heavy atom. The van der Waals surface area contributed by atoms with Crippen LogP contribution in [0.15, 0.2) is 53.8 Å². The number of hydrogen-bond acceptors (Lipinski definition) is 2. The highest BCUT2D eigenvalue weighted by atomic mass is 79.9. The fourth-order valence-electron chi connectivity index (χ4n) is 2.13. The Labute approximate surface area is 109 Å². The first-order valence-electron chi connectivity index (χ1n) is 5.42. The summed E-state index contributed by atoms with van der Waals surface area (Å²) in [5.41, 5.74) is 4.68. The molecule has 84 valence electrons. The van der Waals surface area contributed by atoms with Crippen LogP contribution in [0.4, 0.5) is 5.69 Å². The van der Waals surface area contributed by atoms with Crippen molar-refractivity contribution >= 4 is 27.3 Å². The second-order valence-electron chi connectivity index (χ2n) is 4.03. The van der Waals surface area contributed by atoms with Gasteiger partial charge in [0, 0.05) is 17.8 Å². The highest BCUT2D eigenvalue weighted by Gasteiger charge is 2.22. The summed E-state index contributed by atoms with van der Waals surface area (Å²) < 4.78 is 0.851. The maximum Gasteiger partial charge on any atom is 0.106 e. The molecule has 2 heterocycles. The molecule has 1 aromatic carbocycles. The molecule has 0 unspecified atom stereocenters. The minimum atomic E-state index is 0.851. The van der Waals surface area contributed by atoms with Gasteiger partial charge in [-0.3, -0.25) is 0 Å². The van der Waals surface area contributed by atoms with Gasteiger partial charge < -0.3 is 4.90 Å². The quantitative estimate of drug-likeness (QED) is 0.741. The van der Waals surface area contributed by atoms with Crippen molar-refractivity contribution in [3.8, 4) is 0 Å². The van der Waals surface area contributed by atoms with Gasteiger partial charge in [-0.25, -0.2) is 4.98 Å². The molecule has 17 heavy (non-hydrogen) atoms. The topological polar surface area (TPSA) is 16.1 Å². The van der Waals surface area contributed by atoms with Crippen molar-refractivity contribution in [1.29, 1.82) is 0 Å². The third-order valence-corrected chi connectivity index (χ3v) is 3.48. The van der Waals surface area contributed by atoms with E-state index in [0.29, 0.717) is 0 Å². The van der Waals surface area contributed by atoms with Gasteiger partial charge >= 0.3 is 0 Å². The maximum atomic E-state index is 4.25. The largest absolute Gasteiger partial charge is 0.336 e. The normalized spacial score (nSPS) is 13.9. The minimum Gasteiger partial charge on any atom is -0.336 e. The Bertz CT molecular complexity index is 575. The van der Waals surface area contributed by atoms with Gasteiger partial charge in [0.05, 0.1) is 11.9 Å². The van der Waals surface area contributed by atoms with Gasteiger partial charge in [-0.1, -0.05) is 30.8 Å². The second-order valence-corrected chi connectivity index (χ2v) is 4.84. The third-order valence-electron chi connectivity index (χ3n) is 3.01. The zero-order chi connectivity index (χ0) is 11.8. The van der Waals surface area contributed by atoms with Crippen LogP contribution >= 0.6 is 15.9 Å². The van der Waals surface area contributed by atoms with Crippen molar-refractivity contribution in [1.82, 2.24) is 4.98 Å². The molecule has 0 amide bonds. The average molecular weight is 287 g/mol. The fourth-order valence-corrected chi connectivity index (χ4v) is 2.36. The van der Waals surface area contributed by atoms with Crippen molar-refractivity contribution in [2.24, 2.45) is 0 Å². The van der Waals surface area contributed by atoms with Gasteiger partial charge in [-0.2, -0.15) is 0 Å². The molecule has 3 heteroatoms. The predicted octanol–water partition coefficient (Wildman–Crippen LogP) is 3.84. The molecule has 0 N–H and O–H groups in total. The Morgan fingerprint density at radius 1 is 1.18 bits per heavy atom. The summed E-state index contributed by atoms with van der Waals surface area (Å²) in [5.74, 6) is 0. The molecule has 1 aliphatic rings. The van der Waals surface area contributed by atoms with E-state index in [9.17, 15) is 0 Å². The molecule has 0 atom stereocenters. The van der Waals surface area contributed by atoms with Gasteiger partial charge in [-0.05, 0) is 33.6 Å². The van der Waals surface area contributed by atoms with Crippen LogP contribution in [0.2, 0.25) is 0 Å². The number of pyridine rings is 1. The molecule has 0 spiro atoms. The Morgan fingerprint density at radius 2 is 2.00 bits per heavy atom. The van der Waals surface area contributed by atoms with Gasteiger partial charge in [0.25, 0.3) is 0 Å². The number of rotatable bonds is 1. The lowest BCUT2D eigenvalue weighted by Gasteiger charge is -2.18. The maximum absolute atomic E-state index is 4.25. The lowest BCUT2D eigenvalue weighted by Crippen LogP contribution is -2.13. The highest BCUT2D eigenvalue weighted by molar-refractivity contribution is 9.10. The van der Waals surface area contributed by atoms with Crippen molar-refractivity contribution in [3.05, 3.63) is 64.9 Å². The van der Waals surface area contributed by atoms with E-state index in [1.54, 1.807) is 0 Å². The first kappa shape index (κ1) is 10.5. The van der Waals surface area contributed by atoms with Gasteiger partial charge in [0.15, 0.2) is 0 Å². The molecule has 0 radical (unpaired) electrons. The number of aromatic nitrogens is 1. The van der Waals surface area contributed by atoms with E-state index in [1.807, 2.05) is 24.4 Å². The first-order valence-corrected chi connectivity index (χ1v) is 6.21. The van der Waals surface area contributed by atoms with Crippen LogP contribution in [0.1, 0.15) is 11.1 Å². The molecule has 0 bridgehead atoms. The van der Waals surface area contributed by atoms with Crippen molar-refractivity contribution in [2.75, 3.05) is 4.90 Å². The number of nitrogens with zero attached hydrogens (tertiary/aromatic N) is 2. The minimum absolute atomic E-state index is 0.851. The van der Waals surface area contributed by atoms with Crippen molar-refractivity contribution in [2.45, 2.75) is 6.54 Å². The zero-order valence-electron chi connectivity index (χ0n) is 9.23. The van der Waals surface area contributed by atoms with Gasteiger partial charge in [0.2, 0.25) is 0 Å². The lowest BCUT2D eigenvalue weighted by atomic mass is 10.1. The number of fused-ring (bicyclic) bond motifs is 1. The van der Waals surface area contributed by atoms with E-state index < -0.39 is 0 Å². The molecule has 0 saturated heterocycles. The van der Waals surface area contributed by atoms with Crippen molar-refractivity contribution in [3.63, 3.8) is 0 Å². The molecular formula is C14H11BrN2. The van der Waals surface area contributed by atoms with E-state index in [0.717, 1.165) is 22.5 Å². The molecule has 1 aromatic heterocycles. The van der Waals surface area contributed by atoms with Crippen LogP contribution < -0.4 is 4.90 Å². The number of halogens is 1. The molecule has 2 aromatic rings. The third kappa shape index (κ3) is 1.76. The summed E-state index contributed by atoms with van der Waals surface area (Å²) in [6.07, 6.45) is 1.86. The fraction of sp³-hybridized carbons (Fsp3) is 0.0714. The summed E-state index contributed by atoms with van der Waals surface area (Å²) in [6.45, 7) is 5.04. The number of benzene rings is 1. The standard InChI is InChI=1S/C14H11BrN2/c1-10-13-5-3-2-4-11(13)9-17(10)12-6-7-14(15)16-8-12/h2-8H,1,9H2. The van der Waals surface area contributed by atoms with E-state index in [-0.39, 0.29) is 0 Å². The van der Waals surface area contributed by atoms with E-state index in [1.165, 1.54) is 11.1 Å². The summed E-state index contributed by atoms with van der Waals surface area (Å²) in [7, 11) is 0. The predicted molar refractivity (Wildman–Crippen MR) is 73.6 cm³/mol. The Kier molecular flexibility index (Phi) is 2.48. The van der Waals surface area contributed by atoms with Crippen LogP contribution in [0, 0.1) is 0 Å². The lowest BCUT2D eigenvalue weighted by molar-refractivity contribution is 1.03. The summed E-state index contributed by atoms with van der Waals surface area (Å²) in [5, 5.41) is 0. The Balaban J connectivity index is 1.99. The van der Waals surface area contributed by atoms with Crippen molar-refractivity contribution < 1.29 is 0 Å². The first-order chi connectivity index (χ1) is 8.25. The van der Waals surface area contributed by atoms with E-state index in [4.69, 9.17) is 0 Å². The highest BCUT2D eigenvalue weighted by Crippen LogP contribution is 2.35. The summed E-state index contributed by atoms with van der Waals surface area (Å²) in [4.78, 5) is 6.44. The van der Waals surface area contributed by atoms with Crippen LogP contribution in [-0.4, -0.2) is 4.98 Å². The second kappa shape index (κ2) is 4.00. The molecule has 0 aliphatic carbocycles. The SMILES string of the molecule is C=C1c2ccccc2CN1c1ccc(Br)nc1. The molecule has 1 aliphatic heterocycles. The molecular weight excluding hydrogens is 276 g/mol. The van der Waals surface area contributed by atoms with E-state index >= 15 is 0 Å². The Hall–Kier alpha value is -1.61. The molecule has 0 fully saturated rings. The summed E-state index contributed by atoms with van der Waals surface area (Å²) in [6, 6.07) is 12.4. The number of anilines is 1. The smallest absolute Gasteiger partial charge is 0.106 e. The molecule has 3 rings (SSSR count). The monoisotopic (exact) mass is 286 g/mol. The van der Waals surface area contributed by atoms with Crippen LogP contribution in [0.5, 0.6) is 0 Å². The van der Waals surface area contributed by atoms with Crippen LogP contribution in [0.25, 0.3) is 5.70 Å². The molecule has 2 nitrogen and oxygen atoms in total. The van der Waals surface area contributed by atoms with Gasteiger partial charge in [0.1, 0.15) is 4.60 Å². The van der Waals surface area contributed by atoms with Gasteiger partial charge in [-0.15, -0.1) is 0 Å². The van der Waals surface area contributed by atoms with Crippen LogP contribution in [-0.2, 0) is 6.54 Å². The van der Waals surface area contributed by atoms with Crippen LogP contribution in [0.3, 0.4) is 0 Å².